The Bertz CT molecular complexity index is 435. The zero-order chi connectivity index (χ0) is 12.3. The second-order valence-corrected chi connectivity index (χ2v) is 4.20. The summed E-state index contributed by atoms with van der Waals surface area (Å²) in [4.78, 5) is 11.9. The highest BCUT2D eigenvalue weighted by molar-refractivity contribution is 5.96. The molecule has 1 aromatic rings. The first-order valence-electron chi connectivity index (χ1n) is 5.78. The van der Waals surface area contributed by atoms with E-state index in [1.54, 1.807) is 13.8 Å². The Balaban J connectivity index is 0.00000162. The summed E-state index contributed by atoms with van der Waals surface area (Å²) in [5.74, 6) is 0.458. The number of amides is 1. The van der Waals surface area contributed by atoms with Crippen LogP contribution < -0.4 is 10.6 Å². The highest BCUT2D eigenvalue weighted by Crippen LogP contribution is 2.12. The van der Waals surface area contributed by atoms with Crippen molar-refractivity contribution < 1.29 is 9.32 Å². The van der Waals surface area contributed by atoms with Gasteiger partial charge in [0.05, 0.1) is 5.69 Å². The molecule has 5 nitrogen and oxygen atoms in total. The van der Waals surface area contributed by atoms with E-state index in [1.807, 2.05) is 0 Å². The molecule has 18 heavy (non-hydrogen) atoms. The smallest absolute Gasteiger partial charge is 0.257 e. The summed E-state index contributed by atoms with van der Waals surface area (Å²) in [5, 5.41) is 9.91. The first-order valence-corrected chi connectivity index (χ1v) is 5.78. The number of rotatable bonds is 3. The van der Waals surface area contributed by atoms with Gasteiger partial charge in [-0.05, 0) is 26.8 Å². The highest BCUT2D eigenvalue weighted by atomic mass is 35.5. The van der Waals surface area contributed by atoms with Crippen molar-refractivity contribution in [3.8, 4) is 0 Å². The van der Waals surface area contributed by atoms with Crippen LogP contribution in [0.2, 0.25) is 0 Å². The van der Waals surface area contributed by atoms with Crippen LogP contribution in [-0.2, 0) is 0 Å². The average Bonchev–Trinajstić information content (AvgIpc) is 2.67. The van der Waals surface area contributed by atoms with Crippen molar-refractivity contribution in [2.45, 2.75) is 20.3 Å². The fourth-order valence-corrected chi connectivity index (χ4v) is 1.92. The molecule has 1 amide bonds. The number of nitrogens with zero attached hydrogens (tertiary/aromatic N) is 1. The van der Waals surface area contributed by atoms with Crippen molar-refractivity contribution >= 4 is 18.3 Å². The quantitative estimate of drug-likeness (QED) is 0.815. The van der Waals surface area contributed by atoms with Gasteiger partial charge in [0.15, 0.2) is 0 Å². The number of aryl methyl sites for hydroxylation is 2. The van der Waals surface area contributed by atoms with Crippen molar-refractivity contribution in [2.24, 2.45) is 0 Å². The number of carbonyl (C=O) groups excluding carboxylic acids is 1. The lowest BCUT2D eigenvalue weighted by molar-refractivity contribution is 0.0954. The molecule has 0 unspecified atom stereocenters. The van der Waals surface area contributed by atoms with E-state index in [0.29, 0.717) is 23.6 Å². The molecular weight excluding hydrogens is 254 g/mol. The minimum atomic E-state index is -0.110. The summed E-state index contributed by atoms with van der Waals surface area (Å²) in [6, 6.07) is 0. The summed E-state index contributed by atoms with van der Waals surface area (Å²) in [6.07, 6.45) is 3.11. The molecule has 0 spiro atoms. The van der Waals surface area contributed by atoms with Crippen molar-refractivity contribution in [1.82, 2.24) is 15.8 Å². The Labute approximate surface area is 112 Å². The van der Waals surface area contributed by atoms with Crippen LogP contribution in [0.3, 0.4) is 0 Å². The average molecular weight is 272 g/mol. The normalized spacial score (nSPS) is 14.7. The van der Waals surface area contributed by atoms with Gasteiger partial charge >= 0.3 is 0 Å². The number of carbonyl (C=O) groups is 1. The third-order valence-electron chi connectivity index (χ3n) is 2.89. The predicted octanol–water partition coefficient (Wildman–Crippen LogP) is 1.36. The van der Waals surface area contributed by atoms with E-state index < -0.39 is 0 Å². The van der Waals surface area contributed by atoms with Gasteiger partial charge < -0.3 is 15.2 Å². The zero-order valence-electron chi connectivity index (χ0n) is 10.6. The van der Waals surface area contributed by atoms with Crippen LogP contribution in [0.5, 0.6) is 0 Å². The molecule has 0 aromatic carbocycles. The maximum atomic E-state index is 11.9. The van der Waals surface area contributed by atoms with Gasteiger partial charge in [0.2, 0.25) is 0 Å². The van der Waals surface area contributed by atoms with Gasteiger partial charge in [0.25, 0.3) is 5.91 Å². The first-order chi connectivity index (χ1) is 8.18. The van der Waals surface area contributed by atoms with Gasteiger partial charge in [-0.25, -0.2) is 0 Å². The van der Waals surface area contributed by atoms with Crippen LogP contribution in [0.25, 0.3) is 0 Å². The topological polar surface area (TPSA) is 67.2 Å². The third-order valence-corrected chi connectivity index (χ3v) is 2.89. The van der Waals surface area contributed by atoms with E-state index in [4.69, 9.17) is 4.52 Å². The van der Waals surface area contributed by atoms with E-state index in [9.17, 15) is 4.79 Å². The SMILES string of the molecule is Cc1noc(C)c1C(=O)NCC1=CCNCC1.Cl. The maximum Gasteiger partial charge on any atom is 0.257 e. The van der Waals surface area contributed by atoms with Gasteiger partial charge in [-0.1, -0.05) is 16.8 Å². The molecule has 0 saturated heterocycles. The standard InChI is InChI=1S/C12H17N3O2.ClH/c1-8-11(9(2)17-15-8)12(16)14-7-10-3-5-13-6-4-10;/h3,13H,4-7H2,1-2H3,(H,14,16);1H. The van der Waals surface area contributed by atoms with Crippen LogP contribution in [0.15, 0.2) is 16.2 Å². The van der Waals surface area contributed by atoms with Crippen LogP contribution in [0.1, 0.15) is 28.2 Å². The Morgan fingerprint density at radius 2 is 2.33 bits per heavy atom. The molecule has 0 aliphatic carbocycles. The summed E-state index contributed by atoms with van der Waals surface area (Å²) < 4.78 is 4.97. The van der Waals surface area contributed by atoms with E-state index in [-0.39, 0.29) is 18.3 Å². The van der Waals surface area contributed by atoms with E-state index >= 15 is 0 Å². The zero-order valence-corrected chi connectivity index (χ0v) is 11.4. The molecule has 0 fully saturated rings. The summed E-state index contributed by atoms with van der Waals surface area (Å²) in [7, 11) is 0. The molecule has 0 saturated carbocycles. The van der Waals surface area contributed by atoms with Crippen LogP contribution in [-0.4, -0.2) is 30.7 Å². The maximum absolute atomic E-state index is 11.9. The number of nitrogens with one attached hydrogen (secondary N) is 2. The lowest BCUT2D eigenvalue weighted by Gasteiger charge is -2.14. The van der Waals surface area contributed by atoms with Gasteiger partial charge in [-0.2, -0.15) is 0 Å². The van der Waals surface area contributed by atoms with E-state index in [1.165, 1.54) is 5.57 Å². The molecule has 2 heterocycles. The van der Waals surface area contributed by atoms with Gasteiger partial charge in [-0.3, -0.25) is 4.79 Å². The molecule has 0 atom stereocenters. The highest BCUT2D eigenvalue weighted by Gasteiger charge is 2.17. The van der Waals surface area contributed by atoms with Crippen molar-refractivity contribution in [3.63, 3.8) is 0 Å². The molecule has 2 rings (SSSR count). The van der Waals surface area contributed by atoms with Crippen molar-refractivity contribution in [2.75, 3.05) is 19.6 Å². The lowest BCUT2D eigenvalue weighted by Crippen LogP contribution is -2.30. The number of hydrogen-bond donors (Lipinski definition) is 2. The third kappa shape index (κ3) is 3.34. The van der Waals surface area contributed by atoms with E-state index in [0.717, 1.165) is 19.5 Å². The fourth-order valence-electron chi connectivity index (χ4n) is 1.92. The monoisotopic (exact) mass is 271 g/mol. The minimum absolute atomic E-state index is 0. The lowest BCUT2D eigenvalue weighted by atomic mass is 10.1. The molecule has 0 radical (unpaired) electrons. The van der Waals surface area contributed by atoms with Gasteiger partial charge in [0.1, 0.15) is 11.3 Å². The summed E-state index contributed by atoms with van der Waals surface area (Å²) in [6.45, 7) is 5.99. The molecule has 100 valence electrons. The molecule has 1 aliphatic heterocycles. The first kappa shape index (κ1) is 14.7. The van der Waals surface area contributed by atoms with Crippen molar-refractivity contribution in [3.05, 3.63) is 28.7 Å². The Hall–Kier alpha value is -1.33. The second-order valence-electron chi connectivity index (χ2n) is 4.20. The molecule has 1 aromatic heterocycles. The molecule has 6 heteroatoms. The van der Waals surface area contributed by atoms with E-state index in [2.05, 4.69) is 21.9 Å². The number of halogens is 1. The molecule has 2 N–H and O–H groups in total. The molecular formula is C12H18ClN3O2. The Kier molecular flexibility index (Phi) is 5.37. The minimum Gasteiger partial charge on any atom is -0.361 e. The van der Waals surface area contributed by atoms with Gasteiger partial charge in [-0.15, -0.1) is 12.4 Å². The predicted molar refractivity (Wildman–Crippen MR) is 71.1 cm³/mol. The number of hydrogen-bond acceptors (Lipinski definition) is 4. The van der Waals surface area contributed by atoms with Crippen molar-refractivity contribution in [1.29, 1.82) is 0 Å². The van der Waals surface area contributed by atoms with Crippen LogP contribution >= 0.6 is 12.4 Å². The Morgan fingerprint density at radius 3 is 2.89 bits per heavy atom. The second kappa shape index (κ2) is 6.56. The molecule has 1 aliphatic rings. The fraction of sp³-hybridized carbons (Fsp3) is 0.500. The Morgan fingerprint density at radius 1 is 1.56 bits per heavy atom. The number of aromatic nitrogens is 1. The van der Waals surface area contributed by atoms with Crippen LogP contribution in [0, 0.1) is 13.8 Å². The summed E-state index contributed by atoms with van der Waals surface area (Å²) in [5.41, 5.74) is 2.46. The largest absolute Gasteiger partial charge is 0.361 e. The summed E-state index contributed by atoms with van der Waals surface area (Å²) >= 11 is 0. The van der Waals surface area contributed by atoms with Gasteiger partial charge in [0, 0.05) is 13.1 Å². The van der Waals surface area contributed by atoms with Crippen LogP contribution in [0.4, 0.5) is 0 Å². The molecule has 0 bridgehead atoms.